The Hall–Kier alpha value is -0.780. The van der Waals surface area contributed by atoms with Crippen LogP contribution in [0.25, 0.3) is 0 Å². The summed E-state index contributed by atoms with van der Waals surface area (Å²) in [6.45, 7) is 6.65. The molecule has 1 unspecified atom stereocenters. The second kappa shape index (κ2) is 8.49. The fourth-order valence-electron chi connectivity index (χ4n) is 2.23. The number of nitrogens with two attached hydrogens (primary N) is 1. The Morgan fingerprint density at radius 2 is 1.70 bits per heavy atom. The number of hydrogen-bond acceptors (Lipinski definition) is 2. The summed E-state index contributed by atoms with van der Waals surface area (Å²) in [6.07, 6.45) is -2.81. The van der Waals surface area contributed by atoms with E-state index >= 15 is 0 Å². The molecule has 0 heterocycles. The van der Waals surface area contributed by atoms with Crippen LogP contribution in [0.15, 0.2) is 0 Å². The Kier molecular flexibility index (Phi) is 8.16. The third kappa shape index (κ3) is 7.72. The van der Waals surface area contributed by atoms with Gasteiger partial charge in [-0.15, -0.1) is 0 Å². The zero-order valence-electron chi connectivity index (χ0n) is 12.8. The minimum Gasteiger partial charge on any atom is -0.331 e. The molecule has 0 aromatic carbocycles. The lowest BCUT2D eigenvalue weighted by molar-refractivity contribution is -0.164. The number of nitrogens with zero attached hydrogens (tertiary/aromatic N) is 1. The largest absolute Gasteiger partial charge is 0.406 e. The number of halogens is 3. The van der Waals surface area contributed by atoms with Crippen LogP contribution in [0, 0.1) is 11.8 Å². The van der Waals surface area contributed by atoms with Crippen molar-refractivity contribution in [3.05, 3.63) is 0 Å². The number of amides is 1. The molecule has 0 spiro atoms. The van der Waals surface area contributed by atoms with Crippen molar-refractivity contribution in [2.45, 2.75) is 59.2 Å². The summed E-state index contributed by atoms with van der Waals surface area (Å²) >= 11 is 0. The van der Waals surface area contributed by atoms with Crippen molar-refractivity contribution in [2.75, 3.05) is 13.1 Å². The molecule has 3 nitrogen and oxygen atoms in total. The molecular weight excluding hydrogens is 269 g/mol. The van der Waals surface area contributed by atoms with E-state index in [0.29, 0.717) is 18.9 Å². The molecule has 0 aliphatic rings. The zero-order chi connectivity index (χ0) is 15.9. The lowest BCUT2D eigenvalue weighted by atomic mass is 9.88. The Balaban J connectivity index is 4.53. The second-order valence-electron chi connectivity index (χ2n) is 5.85. The van der Waals surface area contributed by atoms with Gasteiger partial charge in [-0.25, -0.2) is 0 Å². The van der Waals surface area contributed by atoms with Crippen LogP contribution in [-0.2, 0) is 4.79 Å². The van der Waals surface area contributed by atoms with Gasteiger partial charge in [-0.3, -0.25) is 4.79 Å². The summed E-state index contributed by atoms with van der Waals surface area (Å²) in [6, 6.07) is -0.448. The first-order chi connectivity index (χ1) is 9.08. The SMILES string of the molecule is CC(C)C(CCN)CCC(=O)N(CC(F)(F)F)C(C)C. The molecule has 0 aromatic rings. The number of carbonyl (C=O) groups is 1. The van der Waals surface area contributed by atoms with Gasteiger partial charge in [0.15, 0.2) is 0 Å². The minimum atomic E-state index is -4.35. The quantitative estimate of drug-likeness (QED) is 0.747. The van der Waals surface area contributed by atoms with Gasteiger partial charge in [0.2, 0.25) is 5.91 Å². The first kappa shape index (κ1) is 19.2. The fourth-order valence-corrected chi connectivity index (χ4v) is 2.23. The predicted molar refractivity (Wildman–Crippen MR) is 74.1 cm³/mol. The van der Waals surface area contributed by atoms with E-state index in [9.17, 15) is 18.0 Å². The molecule has 0 aliphatic heterocycles. The van der Waals surface area contributed by atoms with Gasteiger partial charge in [0, 0.05) is 12.5 Å². The summed E-state index contributed by atoms with van der Waals surface area (Å²) in [5.74, 6) is 0.227. The van der Waals surface area contributed by atoms with Crippen LogP contribution in [0.3, 0.4) is 0 Å². The van der Waals surface area contributed by atoms with E-state index in [1.165, 1.54) is 0 Å². The highest BCUT2D eigenvalue weighted by Crippen LogP contribution is 2.23. The molecule has 20 heavy (non-hydrogen) atoms. The van der Waals surface area contributed by atoms with Crippen molar-refractivity contribution in [1.29, 1.82) is 0 Å². The normalized spacial score (nSPS) is 13.9. The van der Waals surface area contributed by atoms with Crippen molar-refractivity contribution in [1.82, 2.24) is 4.90 Å². The van der Waals surface area contributed by atoms with Gasteiger partial charge in [-0.2, -0.15) is 13.2 Å². The maximum absolute atomic E-state index is 12.5. The fraction of sp³-hybridized carbons (Fsp3) is 0.929. The van der Waals surface area contributed by atoms with E-state index in [1.54, 1.807) is 13.8 Å². The van der Waals surface area contributed by atoms with E-state index in [-0.39, 0.29) is 12.3 Å². The first-order valence-corrected chi connectivity index (χ1v) is 7.14. The monoisotopic (exact) mass is 296 g/mol. The highest BCUT2D eigenvalue weighted by atomic mass is 19.4. The van der Waals surface area contributed by atoms with Gasteiger partial charge in [-0.1, -0.05) is 13.8 Å². The standard InChI is InChI=1S/C14H27F3N2O/c1-10(2)12(7-8-18)5-6-13(20)19(11(3)4)9-14(15,16)17/h10-12H,5-9,18H2,1-4H3. The van der Waals surface area contributed by atoms with E-state index in [0.717, 1.165) is 11.3 Å². The lowest BCUT2D eigenvalue weighted by Crippen LogP contribution is -2.43. The smallest absolute Gasteiger partial charge is 0.331 e. The lowest BCUT2D eigenvalue weighted by Gasteiger charge is -2.29. The van der Waals surface area contributed by atoms with Gasteiger partial charge in [-0.05, 0) is 45.1 Å². The van der Waals surface area contributed by atoms with Crippen LogP contribution in [0.2, 0.25) is 0 Å². The topological polar surface area (TPSA) is 46.3 Å². The molecule has 0 bridgehead atoms. The zero-order valence-corrected chi connectivity index (χ0v) is 12.8. The Labute approximate surface area is 119 Å². The summed E-state index contributed by atoms with van der Waals surface area (Å²) < 4.78 is 37.4. The Morgan fingerprint density at radius 3 is 2.05 bits per heavy atom. The average molecular weight is 296 g/mol. The Bertz CT molecular complexity index is 291. The molecule has 2 N–H and O–H groups in total. The highest BCUT2D eigenvalue weighted by Gasteiger charge is 2.34. The average Bonchev–Trinajstić information content (AvgIpc) is 2.29. The third-order valence-corrected chi connectivity index (χ3v) is 3.50. The van der Waals surface area contributed by atoms with Gasteiger partial charge in [0.1, 0.15) is 6.54 Å². The molecule has 1 atom stereocenters. The van der Waals surface area contributed by atoms with Crippen LogP contribution >= 0.6 is 0 Å². The minimum absolute atomic E-state index is 0.150. The van der Waals surface area contributed by atoms with Crippen molar-refractivity contribution >= 4 is 5.91 Å². The summed E-state index contributed by atoms with van der Waals surface area (Å²) in [7, 11) is 0. The second-order valence-corrected chi connectivity index (χ2v) is 5.85. The van der Waals surface area contributed by atoms with E-state index < -0.39 is 24.7 Å². The van der Waals surface area contributed by atoms with Gasteiger partial charge < -0.3 is 10.6 Å². The molecule has 0 fully saturated rings. The number of alkyl halides is 3. The van der Waals surface area contributed by atoms with Crippen LogP contribution < -0.4 is 5.73 Å². The third-order valence-electron chi connectivity index (χ3n) is 3.50. The van der Waals surface area contributed by atoms with Gasteiger partial charge in [0.25, 0.3) is 0 Å². The Morgan fingerprint density at radius 1 is 1.15 bits per heavy atom. The van der Waals surface area contributed by atoms with E-state index in [1.807, 2.05) is 13.8 Å². The van der Waals surface area contributed by atoms with E-state index in [4.69, 9.17) is 5.73 Å². The molecule has 0 saturated heterocycles. The molecule has 0 aromatic heterocycles. The van der Waals surface area contributed by atoms with Crippen LogP contribution in [0.1, 0.15) is 47.0 Å². The summed E-state index contributed by atoms with van der Waals surface area (Å²) in [4.78, 5) is 12.9. The predicted octanol–water partition coefficient (Wildman–Crippen LogP) is 3.19. The number of carbonyl (C=O) groups excluding carboxylic acids is 1. The molecule has 0 rings (SSSR count). The molecule has 0 aliphatic carbocycles. The maximum atomic E-state index is 12.5. The van der Waals surface area contributed by atoms with Crippen molar-refractivity contribution in [2.24, 2.45) is 17.6 Å². The van der Waals surface area contributed by atoms with Gasteiger partial charge >= 0.3 is 6.18 Å². The number of hydrogen-bond donors (Lipinski definition) is 1. The van der Waals surface area contributed by atoms with Crippen molar-refractivity contribution < 1.29 is 18.0 Å². The highest BCUT2D eigenvalue weighted by molar-refractivity contribution is 5.76. The number of rotatable bonds is 8. The van der Waals surface area contributed by atoms with Gasteiger partial charge in [0.05, 0.1) is 0 Å². The summed E-state index contributed by atoms with van der Waals surface area (Å²) in [5.41, 5.74) is 5.52. The molecule has 6 heteroatoms. The molecule has 0 saturated carbocycles. The van der Waals surface area contributed by atoms with Crippen LogP contribution in [-0.4, -0.2) is 36.1 Å². The molecule has 120 valence electrons. The molecular formula is C14H27F3N2O. The molecule has 0 radical (unpaired) electrons. The summed E-state index contributed by atoms with van der Waals surface area (Å²) in [5, 5.41) is 0. The van der Waals surface area contributed by atoms with E-state index in [2.05, 4.69) is 0 Å². The van der Waals surface area contributed by atoms with Crippen molar-refractivity contribution in [3.8, 4) is 0 Å². The van der Waals surface area contributed by atoms with Crippen LogP contribution in [0.4, 0.5) is 13.2 Å². The van der Waals surface area contributed by atoms with Crippen LogP contribution in [0.5, 0.6) is 0 Å². The maximum Gasteiger partial charge on any atom is 0.406 e. The molecule has 1 amide bonds. The van der Waals surface area contributed by atoms with Crippen molar-refractivity contribution in [3.63, 3.8) is 0 Å². The first-order valence-electron chi connectivity index (χ1n) is 7.14.